The van der Waals surface area contributed by atoms with E-state index in [0.29, 0.717) is 45.0 Å². The number of aryl methyl sites for hydroxylation is 2. The number of aromatic nitrogens is 1. The molecule has 40 heavy (non-hydrogen) atoms. The number of anilines is 2. The molecule has 0 saturated carbocycles. The average molecular weight is 535 g/mol. The fraction of sp³-hybridized carbons (Fsp3) is 0.161. The second kappa shape index (κ2) is 9.85. The number of ketones is 1. The normalized spacial score (nSPS) is 16.4. The highest BCUT2D eigenvalue weighted by atomic mass is 16.3. The van der Waals surface area contributed by atoms with Crippen molar-refractivity contribution in [3.05, 3.63) is 106 Å². The van der Waals surface area contributed by atoms with Crippen LogP contribution in [-0.4, -0.2) is 28.5 Å². The van der Waals surface area contributed by atoms with E-state index in [0.717, 1.165) is 18.4 Å². The first-order chi connectivity index (χ1) is 19.3. The maximum Gasteiger partial charge on any atom is 0.300 e. The lowest BCUT2D eigenvalue weighted by Crippen LogP contribution is -2.27. The molecule has 0 radical (unpaired) electrons. The zero-order valence-corrected chi connectivity index (χ0v) is 21.9. The molecule has 0 bridgehead atoms. The number of fused-ring (bicyclic) bond motifs is 2. The molecule has 1 aliphatic heterocycles. The number of hydrogen-bond donors (Lipinski definition) is 4. The molecule has 4 N–H and O–H groups in total. The van der Waals surface area contributed by atoms with Crippen molar-refractivity contribution in [3.8, 4) is 0 Å². The summed E-state index contributed by atoms with van der Waals surface area (Å²) in [6.07, 6.45) is 4.77. The second-order valence-corrected chi connectivity index (χ2v) is 9.96. The molecule has 2 aromatic heterocycles. The molecule has 9 nitrogen and oxygen atoms in total. The van der Waals surface area contributed by atoms with Crippen LogP contribution in [0.3, 0.4) is 0 Å². The summed E-state index contributed by atoms with van der Waals surface area (Å²) in [5, 5.41) is 8.62. The highest BCUT2D eigenvalue weighted by molar-refractivity contribution is 6.46. The molecule has 6 rings (SSSR count). The lowest BCUT2D eigenvalue weighted by atomic mass is 10.0. The fourth-order valence-electron chi connectivity index (χ4n) is 5.36. The molecule has 1 aliphatic carbocycles. The van der Waals surface area contributed by atoms with Crippen molar-refractivity contribution in [1.82, 2.24) is 10.3 Å². The maximum absolute atomic E-state index is 13.2. The third kappa shape index (κ3) is 4.41. The Labute approximate surface area is 229 Å². The molecule has 3 amide bonds. The van der Waals surface area contributed by atoms with Gasteiger partial charge in [-0.1, -0.05) is 24.3 Å². The topological polar surface area (TPSA) is 133 Å². The van der Waals surface area contributed by atoms with Crippen LogP contribution in [0, 0.1) is 13.8 Å². The standard InChI is InChI=1S/C31H26N4O5/c1-16-25(32-17(2)27(16)35-31(39)28(36)26-8-5-13-40-26)15-22-21-14-19(10-12-24(21)34-30(22)38)29(37)33-23-11-9-18-6-3-4-7-20(18)23/h3-8,10,12-15,23,32H,9,11H2,1-2H3,(H,33,37)(H,34,38)(H,35,39)/b22-15-/t23-/m0/s1. The highest BCUT2D eigenvalue weighted by Crippen LogP contribution is 2.36. The van der Waals surface area contributed by atoms with Gasteiger partial charge in [0.25, 0.3) is 23.5 Å². The molecule has 9 heteroatoms. The number of carbonyl (C=O) groups is 4. The van der Waals surface area contributed by atoms with E-state index in [1.807, 2.05) is 18.2 Å². The molecule has 200 valence electrons. The number of carbonyl (C=O) groups excluding carboxylic acids is 4. The van der Waals surface area contributed by atoms with Crippen LogP contribution in [-0.2, 0) is 16.0 Å². The molecule has 0 saturated heterocycles. The Bertz CT molecular complexity index is 1730. The smallest absolute Gasteiger partial charge is 0.300 e. The van der Waals surface area contributed by atoms with Gasteiger partial charge in [-0.05, 0) is 79.8 Å². The van der Waals surface area contributed by atoms with E-state index in [1.165, 1.54) is 24.0 Å². The molecule has 3 heterocycles. The molecular formula is C31H26N4O5. The summed E-state index contributed by atoms with van der Waals surface area (Å²) in [4.78, 5) is 54.1. The third-order valence-electron chi connectivity index (χ3n) is 7.46. The second-order valence-electron chi connectivity index (χ2n) is 9.96. The van der Waals surface area contributed by atoms with Gasteiger partial charge >= 0.3 is 0 Å². The van der Waals surface area contributed by atoms with Gasteiger partial charge in [0.2, 0.25) is 0 Å². The van der Waals surface area contributed by atoms with Crippen molar-refractivity contribution in [1.29, 1.82) is 0 Å². The van der Waals surface area contributed by atoms with Gasteiger partial charge in [-0.2, -0.15) is 0 Å². The van der Waals surface area contributed by atoms with Gasteiger partial charge in [0.05, 0.1) is 23.6 Å². The first kappa shape index (κ1) is 25.1. The molecule has 4 aromatic rings. The largest absolute Gasteiger partial charge is 0.461 e. The number of hydrogen-bond acceptors (Lipinski definition) is 5. The van der Waals surface area contributed by atoms with Gasteiger partial charge in [0.1, 0.15) is 0 Å². The summed E-state index contributed by atoms with van der Waals surface area (Å²) in [5.74, 6) is -2.18. The van der Waals surface area contributed by atoms with Crippen molar-refractivity contribution in [2.24, 2.45) is 0 Å². The summed E-state index contributed by atoms with van der Waals surface area (Å²) >= 11 is 0. The number of furan rings is 1. The minimum absolute atomic E-state index is 0.0513. The van der Waals surface area contributed by atoms with Gasteiger partial charge in [-0.3, -0.25) is 19.2 Å². The van der Waals surface area contributed by atoms with Crippen LogP contribution in [0.2, 0.25) is 0 Å². The maximum atomic E-state index is 13.2. The van der Waals surface area contributed by atoms with Crippen LogP contribution in [0.15, 0.2) is 65.3 Å². The van der Waals surface area contributed by atoms with Crippen LogP contribution >= 0.6 is 0 Å². The molecule has 0 unspecified atom stereocenters. The Kier molecular flexibility index (Phi) is 6.18. The molecule has 1 atom stereocenters. The van der Waals surface area contributed by atoms with Gasteiger partial charge in [-0.25, -0.2) is 0 Å². The van der Waals surface area contributed by atoms with Crippen molar-refractivity contribution in [2.75, 3.05) is 10.6 Å². The summed E-state index contributed by atoms with van der Waals surface area (Å²) in [5.41, 5.74) is 6.74. The third-order valence-corrected chi connectivity index (χ3v) is 7.46. The van der Waals surface area contributed by atoms with Crippen molar-refractivity contribution in [3.63, 3.8) is 0 Å². The van der Waals surface area contributed by atoms with Gasteiger partial charge in [-0.15, -0.1) is 0 Å². The van der Waals surface area contributed by atoms with Crippen LogP contribution < -0.4 is 16.0 Å². The predicted octanol–water partition coefficient (Wildman–Crippen LogP) is 4.96. The molecule has 0 fully saturated rings. The van der Waals surface area contributed by atoms with E-state index < -0.39 is 11.7 Å². The summed E-state index contributed by atoms with van der Waals surface area (Å²) in [6, 6.07) is 16.2. The van der Waals surface area contributed by atoms with Crippen LogP contribution in [0.4, 0.5) is 11.4 Å². The Morgan fingerprint density at radius 2 is 1.88 bits per heavy atom. The lowest BCUT2D eigenvalue weighted by molar-refractivity contribution is -0.112. The number of benzene rings is 2. The summed E-state index contributed by atoms with van der Waals surface area (Å²) in [6.45, 7) is 3.54. The van der Waals surface area contributed by atoms with Crippen LogP contribution in [0.25, 0.3) is 11.6 Å². The molecule has 0 spiro atoms. The van der Waals surface area contributed by atoms with Crippen molar-refractivity contribution >= 4 is 46.5 Å². The molecule has 2 aliphatic rings. The van der Waals surface area contributed by atoms with Crippen LogP contribution in [0.5, 0.6) is 0 Å². The van der Waals surface area contributed by atoms with E-state index in [9.17, 15) is 19.2 Å². The Morgan fingerprint density at radius 3 is 2.67 bits per heavy atom. The molecule has 2 aromatic carbocycles. The van der Waals surface area contributed by atoms with E-state index in [1.54, 1.807) is 38.1 Å². The predicted molar refractivity (Wildman–Crippen MR) is 150 cm³/mol. The minimum Gasteiger partial charge on any atom is -0.461 e. The monoisotopic (exact) mass is 534 g/mol. The Morgan fingerprint density at radius 1 is 1.05 bits per heavy atom. The van der Waals surface area contributed by atoms with Crippen molar-refractivity contribution in [2.45, 2.75) is 32.7 Å². The Hall–Kier alpha value is -5.18. The van der Waals surface area contributed by atoms with Gasteiger partial charge in [0, 0.05) is 28.2 Å². The zero-order valence-electron chi connectivity index (χ0n) is 21.9. The van der Waals surface area contributed by atoms with E-state index in [-0.39, 0.29) is 23.6 Å². The number of nitrogens with one attached hydrogen (secondary N) is 4. The van der Waals surface area contributed by atoms with Gasteiger partial charge < -0.3 is 25.4 Å². The Balaban J connectivity index is 1.25. The summed E-state index contributed by atoms with van der Waals surface area (Å²) in [7, 11) is 0. The summed E-state index contributed by atoms with van der Waals surface area (Å²) < 4.78 is 5.03. The van der Waals surface area contributed by atoms with E-state index >= 15 is 0 Å². The zero-order chi connectivity index (χ0) is 28.0. The first-order valence-electron chi connectivity index (χ1n) is 12.9. The number of Topliss-reactive ketones (excluding diaryl/α,β-unsaturated/α-hetero) is 1. The quantitative estimate of drug-likeness (QED) is 0.158. The number of aromatic amines is 1. The lowest BCUT2D eigenvalue weighted by Gasteiger charge is -2.14. The minimum atomic E-state index is -0.830. The molecular weight excluding hydrogens is 508 g/mol. The van der Waals surface area contributed by atoms with E-state index in [4.69, 9.17) is 4.42 Å². The SMILES string of the molecule is Cc1[nH]c(/C=C2\C(=O)Nc3ccc(C(=O)N[C@H]4CCc5ccccc54)cc32)c(C)c1NC(=O)C(=O)c1ccco1. The van der Waals surface area contributed by atoms with Crippen LogP contribution in [0.1, 0.15) is 67.0 Å². The number of H-pyrrole nitrogens is 1. The van der Waals surface area contributed by atoms with Crippen molar-refractivity contribution < 1.29 is 23.6 Å². The number of rotatable bonds is 6. The van der Waals surface area contributed by atoms with E-state index in [2.05, 4.69) is 27.0 Å². The number of amides is 3. The van der Waals surface area contributed by atoms with Gasteiger partial charge in [0.15, 0.2) is 5.76 Å². The fourth-order valence-corrected chi connectivity index (χ4v) is 5.36. The first-order valence-corrected chi connectivity index (χ1v) is 12.9. The highest BCUT2D eigenvalue weighted by Gasteiger charge is 2.28. The average Bonchev–Trinajstić information content (AvgIpc) is 3.73.